The quantitative estimate of drug-likeness (QED) is 0.605. The molecule has 0 unspecified atom stereocenters. The molecule has 0 bridgehead atoms. The third-order valence-electron chi connectivity index (χ3n) is 2.22. The van der Waals surface area contributed by atoms with Crippen molar-refractivity contribution in [2.75, 3.05) is 24.7 Å². The van der Waals surface area contributed by atoms with Gasteiger partial charge in [0.1, 0.15) is 5.82 Å². The van der Waals surface area contributed by atoms with E-state index in [1.165, 1.54) is 25.3 Å². The zero-order valence-electron chi connectivity index (χ0n) is 9.29. The van der Waals surface area contributed by atoms with Crippen LogP contribution in [0.15, 0.2) is 18.2 Å². The summed E-state index contributed by atoms with van der Waals surface area (Å²) in [6.45, 7) is 2.13. The van der Waals surface area contributed by atoms with E-state index < -0.39 is 0 Å². The van der Waals surface area contributed by atoms with Crippen LogP contribution in [0.4, 0.5) is 15.8 Å². The largest absolute Gasteiger partial charge is 0.469 e. The van der Waals surface area contributed by atoms with Gasteiger partial charge in [0.25, 0.3) is 0 Å². The van der Waals surface area contributed by atoms with Gasteiger partial charge in [-0.1, -0.05) is 6.92 Å². The predicted octanol–water partition coefficient (Wildman–Crippen LogP) is 1.63. The number of hydrogen-bond acceptors (Lipinski definition) is 4. The van der Waals surface area contributed by atoms with Crippen LogP contribution in [0.5, 0.6) is 0 Å². The summed E-state index contributed by atoms with van der Waals surface area (Å²) in [6.07, 6.45) is 0. The molecule has 1 aromatic carbocycles. The lowest BCUT2D eigenvalue weighted by molar-refractivity contribution is -0.144. The first-order valence-corrected chi connectivity index (χ1v) is 4.91. The van der Waals surface area contributed by atoms with Crippen LogP contribution in [0.25, 0.3) is 0 Å². The molecule has 0 aliphatic rings. The SMILES string of the molecule is COC(=O)[C@H](C)CNc1ccc(F)cc1N. The highest BCUT2D eigenvalue weighted by atomic mass is 19.1. The molecule has 3 N–H and O–H groups in total. The average molecular weight is 226 g/mol. The number of nitrogen functional groups attached to an aromatic ring is 1. The summed E-state index contributed by atoms with van der Waals surface area (Å²) in [6, 6.07) is 4.07. The first-order valence-electron chi connectivity index (χ1n) is 4.91. The van der Waals surface area contributed by atoms with Gasteiger partial charge in [-0.15, -0.1) is 0 Å². The number of hydrogen-bond donors (Lipinski definition) is 2. The van der Waals surface area contributed by atoms with Crippen molar-refractivity contribution >= 4 is 17.3 Å². The van der Waals surface area contributed by atoms with Crippen LogP contribution in [0, 0.1) is 11.7 Å². The van der Waals surface area contributed by atoms with Crippen molar-refractivity contribution in [1.82, 2.24) is 0 Å². The molecular weight excluding hydrogens is 211 g/mol. The molecule has 0 radical (unpaired) electrons. The summed E-state index contributed by atoms with van der Waals surface area (Å²) in [5, 5.41) is 2.96. The minimum Gasteiger partial charge on any atom is -0.469 e. The van der Waals surface area contributed by atoms with Crippen LogP contribution >= 0.6 is 0 Å². The van der Waals surface area contributed by atoms with Gasteiger partial charge in [-0.05, 0) is 18.2 Å². The van der Waals surface area contributed by atoms with Gasteiger partial charge in [0.15, 0.2) is 0 Å². The van der Waals surface area contributed by atoms with E-state index in [9.17, 15) is 9.18 Å². The van der Waals surface area contributed by atoms with Crippen molar-refractivity contribution in [3.63, 3.8) is 0 Å². The Bertz CT molecular complexity index is 382. The molecule has 4 nitrogen and oxygen atoms in total. The minimum atomic E-state index is -0.385. The number of methoxy groups -OCH3 is 1. The number of anilines is 2. The summed E-state index contributed by atoms with van der Waals surface area (Å²) < 4.78 is 17.3. The van der Waals surface area contributed by atoms with Crippen LogP contribution in [-0.4, -0.2) is 19.6 Å². The molecule has 0 aliphatic heterocycles. The van der Waals surface area contributed by atoms with Gasteiger partial charge in [0.2, 0.25) is 0 Å². The van der Waals surface area contributed by atoms with Crippen molar-refractivity contribution in [1.29, 1.82) is 0 Å². The van der Waals surface area contributed by atoms with Gasteiger partial charge in [-0.2, -0.15) is 0 Å². The summed E-state index contributed by atoms with van der Waals surface area (Å²) in [5.41, 5.74) is 6.52. The number of nitrogens with two attached hydrogens (primary N) is 1. The molecule has 16 heavy (non-hydrogen) atoms. The number of carbonyl (C=O) groups is 1. The molecule has 0 amide bonds. The summed E-state index contributed by atoms with van der Waals surface area (Å²) in [4.78, 5) is 11.1. The number of rotatable bonds is 4. The molecule has 0 aliphatic carbocycles. The lowest BCUT2D eigenvalue weighted by Crippen LogP contribution is -2.21. The van der Waals surface area contributed by atoms with E-state index in [0.29, 0.717) is 17.9 Å². The molecule has 88 valence electrons. The zero-order valence-corrected chi connectivity index (χ0v) is 9.29. The number of halogens is 1. The maximum Gasteiger partial charge on any atom is 0.310 e. The number of nitrogens with one attached hydrogen (secondary N) is 1. The summed E-state index contributed by atoms with van der Waals surface area (Å²) >= 11 is 0. The molecule has 0 saturated carbocycles. The second-order valence-corrected chi connectivity index (χ2v) is 3.54. The third kappa shape index (κ3) is 3.12. The van der Waals surface area contributed by atoms with E-state index in [-0.39, 0.29) is 17.7 Å². The molecule has 0 aromatic heterocycles. The number of benzene rings is 1. The Kier molecular flexibility index (Phi) is 4.10. The Labute approximate surface area is 93.6 Å². The third-order valence-corrected chi connectivity index (χ3v) is 2.22. The van der Waals surface area contributed by atoms with Crippen LogP contribution in [0.2, 0.25) is 0 Å². The predicted molar refractivity (Wildman–Crippen MR) is 60.5 cm³/mol. The maximum absolute atomic E-state index is 12.7. The monoisotopic (exact) mass is 226 g/mol. The fourth-order valence-electron chi connectivity index (χ4n) is 1.24. The van der Waals surface area contributed by atoms with Gasteiger partial charge in [-0.25, -0.2) is 4.39 Å². The Morgan fingerprint density at radius 3 is 2.88 bits per heavy atom. The van der Waals surface area contributed by atoms with E-state index in [0.717, 1.165) is 0 Å². The Balaban J connectivity index is 2.58. The normalized spacial score (nSPS) is 11.9. The minimum absolute atomic E-state index is 0.283. The van der Waals surface area contributed by atoms with Gasteiger partial charge in [0, 0.05) is 6.54 Å². The van der Waals surface area contributed by atoms with E-state index >= 15 is 0 Å². The van der Waals surface area contributed by atoms with E-state index in [4.69, 9.17) is 5.73 Å². The highest BCUT2D eigenvalue weighted by molar-refractivity contribution is 5.73. The van der Waals surface area contributed by atoms with E-state index in [2.05, 4.69) is 10.1 Å². The molecule has 1 rings (SSSR count). The molecule has 1 atom stereocenters. The zero-order chi connectivity index (χ0) is 12.1. The lowest BCUT2D eigenvalue weighted by Gasteiger charge is -2.13. The number of carbonyl (C=O) groups excluding carboxylic acids is 1. The van der Waals surface area contributed by atoms with E-state index in [1.807, 2.05) is 0 Å². The topological polar surface area (TPSA) is 64.3 Å². The first kappa shape index (κ1) is 12.3. The molecule has 5 heteroatoms. The number of ether oxygens (including phenoxy) is 1. The lowest BCUT2D eigenvalue weighted by atomic mass is 10.2. The molecule has 0 saturated heterocycles. The molecule has 0 fully saturated rings. The summed E-state index contributed by atoms with van der Waals surface area (Å²) in [7, 11) is 1.34. The molecule has 1 aromatic rings. The molecule has 0 spiro atoms. The Hall–Kier alpha value is -1.78. The Morgan fingerprint density at radius 1 is 1.62 bits per heavy atom. The van der Waals surface area contributed by atoms with Gasteiger partial charge in [-0.3, -0.25) is 4.79 Å². The smallest absolute Gasteiger partial charge is 0.310 e. The highest BCUT2D eigenvalue weighted by Gasteiger charge is 2.12. The highest BCUT2D eigenvalue weighted by Crippen LogP contribution is 2.19. The van der Waals surface area contributed by atoms with Gasteiger partial charge < -0.3 is 15.8 Å². The average Bonchev–Trinajstić information content (AvgIpc) is 2.26. The van der Waals surface area contributed by atoms with Gasteiger partial charge in [0.05, 0.1) is 24.4 Å². The maximum atomic E-state index is 12.7. The molecular formula is C11H15FN2O2. The van der Waals surface area contributed by atoms with Crippen molar-refractivity contribution in [3.05, 3.63) is 24.0 Å². The van der Waals surface area contributed by atoms with Crippen molar-refractivity contribution in [2.45, 2.75) is 6.92 Å². The number of esters is 1. The molecule has 0 heterocycles. The van der Waals surface area contributed by atoms with Crippen molar-refractivity contribution in [2.24, 2.45) is 5.92 Å². The Morgan fingerprint density at radius 2 is 2.31 bits per heavy atom. The second kappa shape index (κ2) is 5.34. The summed E-state index contributed by atoms with van der Waals surface area (Å²) in [5.74, 6) is -0.966. The fraction of sp³-hybridized carbons (Fsp3) is 0.364. The van der Waals surface area contributed by atoms with Crippen LogP contribution < -0.4 is 11.1 Å². The standard InChI is InChI=1S/C11H15FN2O2/c1-7(11(15)16-2)6-14-10-4-3-8(12)5-9(10)13/h3-5,7,14H,6,13H2,1-2H3/t7-/m1/s1. The van der Waals surface area contributed by atoms with Crippen molar-refractivity contribution in [3.8, 4) is 0 Å². The van der Waals surface area contributed by atoms with Crippen LogP contribution in [0.1, 0.15) is 6.92 Å². The van der Waals surface area contributed by atoms with E-state index in [1.54, 1.807) is 6.92 Å². The van der Waals surface area contributed by atoms with Crippen LogP contribution in [0.3, 0.4) is 0 Å². The van der Waals surface area contributed by atoms with Crippen LogP contribution in [-0.2, 0) is 9.53 Å². The fourth-order valence-corrected chi connectivity index (χ4v) is 1.24. The first-order chi connectivity index (χ1) is 7.54. The second-order valence-electron chi connectivity index (χ2n) is 3.54. The van der Waals surface area contributed by atoms with Crippen molar-refractivity contribution < 1.29 is 13.9 Å². The van der Waals surface area contributed by atoms with Gasteiger partial charge >= 0.3 is 5.97 Å².